The number of aryl methyl sites for hydroxylation is 4. The molecule has 262 valence electrons. The maximum Gasteiger partial charge on any atom is 0.0468 e. The lowest BCUT2D eigenvalue weighted by atomic mass is 10.0. The van der Waals surface area contributed by atoms with Crippen LogP contribution in [0.4, 0.5) is 34.1 Å². The molecule has 8 rings (SSSR count). The van der Waals surface area contributed by atoms with Crippen LogP contribution in [0.1, 0.15) is 33.4 Å². The Balaban J connectivity index is 0.994. The fraction of sp³-hybridized carbons (Fsp3) is 0.0769. The van der Waals surface area contributed by atoms with E-state index in [4.69, 9.17) is 0 Å². The van der Waals surface area contributed by atoms with E-state index in [1.54, 1.807) is 0 Å². The molecule has 0 amide bonds. The first-order chi connectivity index (χ1) is 26.4. The SMILES string of the molecule is Cc1ccc(N(c2ccc(C)cc2)c2ccc(-c3ccc(/C=C/c4ccc5cc(N(c6ccc(C)cc6)c6ccc(C)cc6)ccc5c4)cc3)cc2)cc1. The van der Waals surface area contributed by atoms with Crippen LogP contribution in [0.3, 0.4) is 0 Å². The number of anilines is 6. The second kappa shape index (κ2) is 15.1. The van der Waals surface area contributed by atoms with Crippen LogP contribution in [0.25, 0.3) is 34.1 Å². The van der Waals surface area contributed by atoms with Gasteiger partial charge in [0.15, 0.2) is 0 Å². The van der Waals surface area contributed by atoms with Crippen molar-refractivity contribution in [3.05, 3.63) is 215 Å². The summed E-state index contributed by atoms with van der Waals surface area (Å²) in [6.45, 7) is 8.51. The fourth-order valence-electron chi connectivity index (χ4n) is 6.95. The van der Waals surface area contributed by atoms with E-state index in [0.717, 1.165) is 34.1 Å². The number of rotatable bonds is 9. The number of benzene rings is 8. The van der Waals surface area contributed by atoms with Gasteiger partial charge in [-0.3, -0.25) is 0 Å². The van der Waals surface area contributed by atoms with Crippen LogP contribution in [-0.4, -0.2) is 0 Å². The molecule has 0 heterocycles. The van der Waals surface area contributed by atoms with Gasteiger partial charge >= 0.3 is 0 Å². The average Bonchev–Trinajstić information content (AvgIpc) is 3.20. The molecule has 8 aromatic carbocycles. The number of hydrogen-bond acceptors (Lipinski definition) is 2. The van der Waals surface area contributed by atoms with Crippen LogP contribution < -0.4 is 9.80 Å². The van der Waals surface area contributed by atoms with Crippen LogP contribution in [-0.2, 0) is 0 Å². The molecule has 0 aliphatic heterocycles. The van der Waals surface area contributed by atoms with Crippen LogP contribution >= 0.6 is 0 Å². The third-order valence-corrected chi connectivity index (χ3v) is 10.1. The van der Waals surface area contributed by atoms with Crippen molar-refractivity contribution in [1.82, 2.24) is 0 Å². The standard InChI is InChI=1S/C52H44N2/c1-37-5-24-47(25-6-37)53(48-26-7-38(2)8-27-48)51-32-21-44(22-33-51)43-18-15-41(16-19-43)13-14-42-17-20-46-36-52(34-23-45(46)35-42)54(49-28-9-39(3)10-29-49)50-30-11-40(4)12-31-50/h5-36H,1-4H3/b14-13+. The second-order valence-electron chi connectivity index (χ2n) is 14.3. The summed E-state index contributed by atoms with van der Waals surface area (Å²) in [5, 5.41) is 2.43. The Morgan fingerprint density at radius 1 is 0.278 bits per heavy atom. The van der Waals surface area contributed by atoms with Crippen LogP contribution in [0, 0.1) is 27.7 Å². The minimum Gasteiger partial charge on any atom is -0.311 e. The quantitative estimate of drug-likeness (QED) is 0.139. The van der Waals surface area contributed by atoms with E-state index in [1.165, 1.54) is 55.3 Å². The molecule has 0 spiro atoms. The monoisotopic (exact) mass is 696 g/mol. The molecule has 8 aromatic rings. The summed E-state index contributed by atoms with van der Waals surface area (Å²) < 4.78 is 0. The molecule has 0 aliphatic rings. The first kappa shape index (κ1) is 34.4. The highest BCUT2D eigenvalue weighted by atomic mass is 15.1. The zero-order valence-electron chi connectivity index (χ0n) is 31.4. The second-order valence-corrected chi connectivity index (χ2v) is 14.3. The Hall–Kier alpha value is -6.64. The highest BCUT2D eigenvalue weighted by Crippen LogP contribution is 2.38. The lowest BCUT2D eigenvalue weighted by molar-refractivity contribution is 1.27. The van der Waals surface area contributed by atoms with E-state index in [2.05, 4.69) is 232 Å². The van der Waals surface area contributed by atoms with Crippen molar-refractivity contribution in [2.75, 3.05) is 9.80 Å². The van der Waals surface area contributed by atoms with Crippen molar-refractivity contribution in [3.8, 4) is 11.1 Å². The minimum atomic E-state index is 1.13. The summed E-state index contributed by atoms with van der Waals surface area (Å²) in [6.07, 6.45) is 4.40. The molecular weight excluding hydrogens is 653 g/mol. The fourth-order valence-corrected chi connectivity index (χ4v) is 6.95. The summed E-state index contributed by atoms with van der Waals surface area (Å²) in [7, 11) is 0. The summed E-state index contributed by atoms with van der Waals surface area (Å²) in [6, 6.07) is 66.1. The molecule has 0 N–H and O–H groups in total. The van der Waals surface area contributed by atoms with Crippen molar-refractivity contribution in [2.45, 2.75) is 27.7 Å². The van der Waals surface area contributed by atoms with Gasteiger partial charge in [-0.2, -0.15) is 0 Å². The van der Waals surface area contributed by atoms with Crippen LogP contribution in [0.5, 0.6) is 0 Å². The lowest BCUT2D eigenvalue weighted by Crippen LogP contribution is -2.09. The Morgan fingerprint density at radius 3 is 1.02 bits per heavy atom. The maximum absolute atomic E-state index is 2.33. The summed E-state index contributed by atoms with van der Waals surface area (Å²) >= 11 is 0. The molecule has 0 fully saturated rings. The van der Waals surface area contributed by atoms with Gasteiger partial charge in [-0.25, -0.2) is 0 Å². The first-order valence-electron chi connectivity index (χ1n) is 18.7. The van der Waals surface area contributed by atoms with E-state index >= 15 is 0 Å². The van der Waals surface area contributed by atoms with Gasteiger partial charge in [0.1, 0.15) is 0 Å². The van der Waals surface area contributed by atoms with Crippen molar-refractivity contribution in [3.63, 3.8) is 0 Å². The smallest absolute Gasteiger partial charge is 0.0468 e. The largest absolute Gasteiger partial charge is 0.311 e. The maximum atomic E-state index is 2.33. The van der Waals surface area contributed by atoms with E-state index < -0.39 is 0 Å². The predicted molar refractivity (Wildman–Crippen MR) is 233 cm³/mol. The van der Waals surface area contributed by atoms with Crippen LogP contribution in [0.15, 0.2) is 182 Å². The molecule has 0 atom stereocenters. The molecule has 0 saturated heterocycles. The normalized spacial score (nSPS) is 11.3. The van der Waals surface area contributed by atoms with Gasteiger partial charge in [0.05, 0.1) is 0 Å². The van der Waals surface area contributed by atoms with Gasteiger partial charge in [0, 0.05) is 34.1 Å². The third-order valence-electron chi connectivity index (χ3n) is 10.1. The Labute approximate surface area is 319 Å². The van der Waals surface area contributed by atoms with Gasteiger partial charge in [0.25, 0.3) is 0 Å². The molecule has 0 unspecified atom stereocenters. The van der Waals surface area contributed by atoms with Crippen LogP contribution in [0.2, 0.25) is 0 Å². The summed E-state index contributed by atoms with van der Waals surface area (Å²) in [5.74, 6) is 0. The van der Waals surface area contributed by atoms with E-state index in [1.807, 2.05) is 0 Å². The molecule has 0 saturated carbocycles. The Morgan fingerprint density at radius 2 is 0.574 bits per heavy atom. The van der Waals surface area contributed by atoms with Gasteiger partial charge in [0.2, 0.25) is 0 Å². The molecule has 0 aliphatic carbocycles. The molecule has 2 heteroatoms. The van der Waals surface area contributed by atoms with Gasteiger partial charge < -0.3 is 9.80 Å². The van der Waals surface area contributed by atoms with E-state index in [-0.39, 0.29) is 0 Å². The van der Waals surface area contributed by atoms with Crippen molar-refractivity contribution in [1.29, 1.82) is 0 Å². The highest BCUT2D eigenvalue weighted by molar-refractivity contribution is 5.91. The van der Waals surface area contributed by atoms with Crippen molar-refractivity contribution in [2.24, 2.45) is 0 Å². The number of nitrogens with zero attached hydrogens (tertiary/aromatic N) is 2. The predicted octanol–water partition coefficient (Wildman–Crippen LogP) is 14.9. The highest BCUT2D eigenvalue weighted by Gasteiger charge is 2.14. The molecule has 0 bridgehead atoms. The Kier molecular flexibility index (Phi) is 9.66. The number of hydrogen-bond donors (Lipinski definition) is 0. The topological polar surface area (TPSA) is 6.48 Å². The first-order valence-corrected chi connectivity index (χ1v) is 18.7. The zero-order valence-corrected chi connectivity index (χ0v) is 31.4. The zero-order chi connectivity index (χ0) is 37.0. The average molecular weight is 697 g/mol. The van der Waals surface area contributed by atoms with E-state index in [0.29, 0.717) is 0 Å². The Bertz CT molecular complexity index is 2440. The van der Waals surface area contributed by atoms with Crippen molar-refractivity contribution < 1.29 is 0 Å². The summed E-state index contributed by atoms with van der Waals surface area (Å²) in [5.41, 5.74) is 16.6. The van der Waals surface area contributed by atoms with Gasteiger partial charge in [-0.1, -0.05) is 138 Å². The molecule has 0 radical (unpaired) electrons. The third kappa shape index (κ3) is 7.60. The molecule has 54 heavy (non-hydrogen) atoms. The molecule has 2 nitrogen and oxygen atoms in total. The number of fused-ring (bicyclic) bond motifs is 1. The minimum absolute atomic E-state index is 1.13. The molecule has 0 aromatic heterocycles. The van der Waals surface area contributed by atoms with Gasteiger partial charge in [-0.05, 0) is 140 Å². The molecular formula is C52H44N2. The van der Waals surface area contributed by atoms with Gasteiger partial charge in [-0.15, -0.1) is 0 Å². The summed E-state index contributed by atoms with van der Waals surface area (Å²) in [4.78, 5) is 4.64. The lowest BCUT2D eigenvalue weighted by Gasteiger charge is -2.26. The van der Waals surface area contributed by atoms with Crippen molar-refractivity contribution >= 4 is 57.0 Å². The van der Waals surface area contributed by atoms with E-state index in [9.17, 15) is 0 Å².